The number of nitrogens with zero attached hydrogens (tertiary/aromatic N) is 1. The Morgan fingerprint density at radius 3 is 2.77 bits per heavy atom. The molecule has 1 saturated carbocycles. The molecule has 2 aromatic rings. The zero-order chi connectivity index (χ0) is 18.2. The molecule has 2 amide bonds. The summed E-state index contributed by atoms with van der Waals surface area (Å²) >= 11 is 0. The first-order valence-electron chi connectivity index (χ1n) is 8.97. The number of benzene rings is 1. The van der Waals surface area contributed by atoms with E-state index >= 15 is 0 Å². The highest BCUT2D eigenvalue weighted by molar-refractivity contribution is 5.99. The highest BCUT2D eigenvalue weighted by Gasteiger charge is 2.12. The molecule has 0 bridgehead atoms. The first-order valence-corrected chi connectivity index (χ1v) is 8.97. The second-order valence-electron chi connectivity index (χ2n) is 6.52. The van der Waals surface area contributed by atoms with Crippen molar-refractivity contribution in [1.29, 1.82) is 0 Å². The number of hydrogen-bond acceptors (Lipinski definition) is 3. The highest BCUT2D eigenvalue weighted by atomic mass is 16.2. The van der Waals surface area contributed by atoms with Crippen molar-refractivity contribution >= 4 is 17.5 Å². The molecular weight excluding hydrogens is 326 g/mol. The number of allylic oxidation sites excluding steroid dienone is 1. The highest BCUT2D eigenvalue weighted by Crippen LogP contribution is 2.25. The second-order valence-corrected chi connectivity index (χ2v) is 6.52. The van der Waals surface area contributed by atoms with Crippen molar-refractivity contribution in [1.82, 2.24) is 10.3 Å². The molecule has 0 radical (unpaired) electrons. The molecule has 2 N–H and O–H groups in total. The monoisotopic (exact) mass is 349 g/mol. The molecule has 0 saturated heterocycles. The quantitative estimate of drug-likeness (QED) is 0.781. The Morgan fingerprint density at radius 2 is 2.00 bits per heavy atom. The number of amides is 2. The molecule has 1 fully saturated rings. The van der Waals surface area contributed by atoms with E-state index in [1.807, 2.05) is 30.3 Å². The Hall–Kier alpha value is -2.95. The molecule has 1 aromatic heterocycles. The molecule has 0 unspecified atom stereocenters. The van der Waals surface area contributed by atoms with Crippen LogP contribution in [0.15, 0.2) is 60.9 Å². The van der Waals surface area contributed by atoms with Crippen molar-refractivity contribution in [2.45, 2.75) is 32.2 Å². The molecule has 1 aliphatic carbocycles. The Labute approximate surface area is 153 Å². The number of pyridine rings is 1. The molecule has 1 heterocycles. The van der Waals surface area contributed by atoms with E-state index in [9.17, 15) is 9.59 Å². The standard InChI is InChI=1S/C21H23N3O2/c25-20(11-10-16-5-1-2-6-16)24-19-9-3-7-17(13-19)14-23-21(26)18-8-4-12-22-15-18/h3-4,7-13,15-16H,1-2,5-6,14H2,(H,23,26)(H,24,25)/b11-10+. The number of hydrogen-bond donors (Lipinski definition) is 2. The minimum atomic E-state index is -0.174. The van der Waals surface area contributed by atoms with Gasteiger partial charge in [0.05, 0.1) is 5.56 Å². The van der Waals surface area contributed by atoms with E-state index in [0.29, 0.717) is 18.0 Å². The summed E-state index contributed by atoms with van der Waals surface area (Å²) in [5, 5.41) is 5.73. The van der Waals surface area contributed by atoms with Crippen LogP contribution in [0.3, 0.4) is 0 Å². The molecule has 26 heavy (non-hydrogen) atoms. The van der Waals surface area contributed by atoms with Crippen molar-refractivity contribution in [3.05, 3.63) is 72.1 Å². The molecule has 1 aromatic carbocycles. The molecular formula is C21H23N3O2. The third-order valence-electron chi connectivity index (χ3n) is 4.49. The van der Waals surface area contributed by atoms with Gasteiger partial charge in [-0.05, 0) is 54.7 Å². The van der Waals surface area contributed by atoms with Gasteiger partial charge in [0, 0.05) is 24.6 Å². The predicted molar refractivity (Wildman–Crippen MR) is 102 cm³/mol. The Bertz CT molecular complexity index is 781. The minimum Gasteiger partial charge on any atom is -0.348 e. The zero-order valence-corrected chi connectivity index (χ0v) is 14.7. The van der Waals surface area contributed by atoms with Crippen molar-refractivity contribution in [3.63, 3.8) is 0 Å². The minimum absolute atomic E-state index is 0.117. The van der Waals surface area contributed by atoms with Crippen molar-refractivity contribution < 1.29 is 9.59 Å². The van der Waals surface area contributed by atoms with E-state index in [2.05, 4.69) is 15.6 Å². The van der Waals surface area contributed by atoms with Crippen LogP contribution < -0.4 is 10.6 Å². The SMILES string of the molecule is O=C(/C=C/C1CCCC1)Nc1cccc(CNC(=O)c2cccnc2)c1. The van der Waals surface area contributed by atoms with Crippen LogP contribution in [-0.4, -0.2) is 16.8 Å². The Kier molecular flexibility index (Phi) is 6.14. The maximum absolute atomic E-state index is 12.1. The van der Waals surface area contributed by atoms with Crippen LogP contribution in [0.4, 0.5) is 5.69 Å². The molecule has 0 atom stereocenters. The topological polar surface area (TPSA) is 71.1 Å². The molecule has 5 heteroatoms. The third-order valence-corrected chi connectivity index (χ3v) is 4.49. The first-order chi connectivity index (χ1) is 12.7. The second kappa shape index (κ2) is 8.94. The van der Waals surface area contributed by atoms with Gasteiger partial charge >= 0.3 is 0 Å². The molecule has 134 valence electrons. The van der Waals surface area contributed by atoms with E-state index in [4.69, 9.17) is 0 Å². The molecule has 0 aliphatic heterocycles. The van der Waals surface area contributed by atoms with Crippen molar-refractivity contribution in [3.8, 4) is 0 Å². The average Bonchev–Trinajstić information content (AvgIpc) is 3.19. The lowest BCUT2D eigenvalue weighted by Gasteiger charge is -2.08. The fraction of sp³-hybridized carbons (Fsp3) is 0.286. The smallest absolute Gasteiger partial charge is 0.253 e. The van der Waals surface area contributed by atoms with Gasteiger partial charge in [-0.15, -0.1) is 0 Å². The fourth-order valence-corrected chi connectivity index (χ4v) is 3.10. The van der Waals surface area contributed by atoms with Crippen LogP contribution in [0, 0.1) is 5.92 Å². The van der Waals surface area contributed by atoms with Crippen LogP contribution in [0.5, 0.6) is 0 Å². The number of anilines is 1. The average molecular weight is 349 g/mol. The van der Waals surface area contributed by atoms with E-state index in [-0.39, 0.29) is 11.8 Å². The largest absolute Gasteiger partial charge is 0.348 e. The molecule has 1 aliphatic rings. The number of rotatable bonds is 6. The number of aromatic nitrogens is 1. The summed E-state index contributed by atoms with van der Waals surface area (Å²) in [5.41, 5.74) is 2.16. The lowest BCUT2D eigenvalue weighted by atomic mass is 10.1. The Morgan fingerprint density at radius 1 is 1.15 bits per heavy atom. The van der Waals surface area contributed by atoms with Gasteiger partial charge in [0.15, 0.2) is 0 Å². The summed E-state index contributed by atoms with van der Waals surface area (Å²) in [6.07, 6.45) is 11.7. The van der Waals surface area contributed by atoms with Gasteiger partial charge < -0.3 is 10.6 Å². The van der Waals surface area contributed by atoms with Crippen LogP contribution in [0.1, 0.15) is 41.6 Å². The molecule has 0 spiro atoms. The number of carbonyl (C=O) groups is 2. The third kappa shape index (κ3) is 5.28. The van der Waals surface area contributed by atoms with E-state index in [1.165, 1.54) is 31.9 Å². The summed E-state index contributed by atoms with van der Waals surface area (Å²) in [4.78, 5) is 28.1. The first kappa shape index (κ1) is 17.9. The van der Waals surface area contributed by atoms with E-state index < -0.39 is 0 Å². The van der Waals surface area contributed by atoms with Gasteiger partial charge in [0.1, 0.15) is 0 Å². The summed E-state index contributed by atoms with van der Waals surface area (Å²) in [6, 6.07) is 10.9. The number of carbonyl (C=O) groups excluding carboxylic acids is 2. The van der Waals surface area contributed by atoms with Crippen molar-refractivity contribution in [2.24, 2.45) is 5.92 Å². The summed E-state index contributed by atoms with van der Waals surface area (Å²) in [5.74, 6) is 0.246. The lowest BCUT2D eigenvalue weighted by Crippen LogP contribution is -2.22. The summed E-state index contributed by atoms with van der Waals surface area (Å²) < 4.78 is 0. The fourth-order valence-electron chi connectivity index (χ4n) is 3.10. The lowest BCUT2D eigenvalue weighted by molar-refractivity contribution is -0.111. The molecule has 5 nitrogen and oxygen atoms in total. The van der Waals surface area contributed by atoms with Crippen LogP contribution in [0.25, 0.3) is 0 Å². The summed E-state index contributed by atoms with van der Waals surface area (Å²) in [7, 11) is 0. The van der Waals surface area contributed by atoms with E-state index in [1.54, 1.807) is 24.4 Å². The number of nitrogens with one attached hydrogen (secondary N) is 2. The van der Waals surface area contributed by atoms with Crippen molar-refractivity contribution in [2.75, 3.05) is 5.32 Å². The van der Waals surface area contributed by atoms with Gasteiger partial charge in [-0.1, -0.05) is 31.1 Å². The maximum Gasteiger partial charge on any atom is 0.253 e. The van der Waals surface area contributed by atoms with Crippen LogP contribution >= 0.6 is 0 Å². The van der Waals surface area contributed by atoms with Gasteiger partial charge in [-0.3, -0.25) is 14.6 Å². The van der Waals surface area contributed by atoms with Gasteiger partial charge in [-0.25, -0.2) is 0 Å². The Balaban J connectivity index is 1.52. The van der Waals surface area contributed by atoms with Gasteiger partial charge in [-0.2, -0.15) is 0 Å². The summed E-state index contributed by atoms with van der Waals surface area (Å²) in [6.45, 7) is 0.384. The zero-order valence-electron chi connectivity index (χ0n) is 14.7. The predicted octanol–water partition coefficient (Wildman–Crippen LogP) is 3.70. The van der Waals surface area contributed by atoms with E-state index in [0.717, 1.165) is 11.3 Å². The molecule has 3 rings (SSSR count). The van der Waals surface area contributed by atoms with Gasteiger partial charge in [0.2, 0.25) is 5.91 Å². The maximum atomic E-state index is 12.1. The van der Waals surface area contributed by atoms with Gasteiger partial charge in [0.25, 0.3) is 5.91 Å². The van der Waals surface area contributed by atoms with Crippen LogP contribution in [0.2, 0.25) is 0 Å². The van der Waals surface area contributed by atoms with Crippen LogP contribution in [-0.2, 0) is 11.3 Å². The normalized spacial score (nSPS) is 14.5.